The first-order chi connectivity index (χ1) is 9.25. The molecule has 1 unspecified atom stereocenters. The first-order valence-electron chi connectivity index (χ1n) is 6.46. The summed E-state index contributed by atoms with van der Waals surface area (Å²) >= 11 is 0. The molecule has 0 radical (unpaired) electrons. The third-order valence-corrected chi connectivity index (χ3v) is 3.06. The molecule has 1 amide bonds. The number of esters is 1. The molecule has 20 heavy (non-hydrogen) atoms. The van der Waals surface area contributed by atoms with Gasteiger partial charge in [-0.25, -0.2) is 4.79 Å². The molecule has 0 fully saturated rings. The second-order valence-corrected chi connectivity index (χ2v) is 5.75. The van der Waals surface area contributed by atoms with Crippen LogP contribution in [0.2, 0.25) is 0 Å². The summed E-state index contributed by atoms with van der Waals surface area (Å²) in [5, 5.41) is 2.79. The Bertz CT molecular complexity index is 475. The fraction of sp³-hybridized carbons (Fsp3) is 0.467. The van der Waals surface area contributed by atoms with Crippen molar-refractivity contribution in [2.45, 2.75) is 33.4 Å². The van der Waals surface area contributed by atoms with Gasteiger partial charge in [0.2, 0.25) is 5.91 Å². The molecule has 1 aromatic rings. The van der Waals surface area contributed by atoms with Gasteiger partial charge in [-0.15, -0.1) is 0 Å². The number of methoxy groups -OCH3 is 1. The second kappa shape index (κ2) is 6.52. The average Bonchev–Trinajstić information content (AvgIpc) is 2.42. The van der Waals surface area contributed by atoms with E-state index >= 15 is 0 Å². The molecular formula is C15H22N2O3. The molecular weight excluding hydrogens is 256 g/mol. The van der Waals surface area contributed by atoms with Gasteiger partial charge >= 0.3 is 5.97 Å². The minimum atomic E-state index is -0.558. The number of rotatable bonds is 4. The van der Waals surface area contributed by atoms with E-state index < -0.39 is 6.04 Å². The van der Waals surface area contributed by atoms with Gasteiger partial charge in [0.05, 0.1) is 18.7 Å². The van der Waals surface area contributed by atoms with Crippen molar-refractivity contribution in [3.05, 3.63) is 35.4 Å². The van der Waals surface area contributed by atoms with E-state index in [-0.39, 0.29) is 17.3 Å². The van der Waals surface area contributed by atoms with E-state index in [1.54, 1.807) is 24.3 Å². The first kappa shape index (κ1) is 16.2. The molecule has 0 aliphatic carbocycles. The highest BCUT2D eigenvalue weighted by atomic mass is 16.5. The summed E-state index contributed by atoms with van der Waals surface area (Å²) in [6, 6.07) is 6.31. The fourth-order valence-corrected chi connectivity index (χ4v) is 1.57. The van der Waals surface area contributed by atoms with Gasteiger partial charge in [-0.05, 0) is 23.1 Å². The standard InChI is InChI=1S/C15H22N2O3/c1-15(2,3)12(16)13(18)17-9-10-5-7-11(8-6-10)14(19)20-4/h5-8,12H,9,16H2,1-4H3,(H,17,18). The van der Waals surface area contributed by atoms with Crippen LogP contribution in [0.5, 0.6) is 0 Å². The van der Waals surface area contributed by atoms with Crippen molar-refractivity contribution in [2.24, 2.45) is 11.1 Å². The number of carbonyl (C=O) groups is 2. The number of carbonyl (C=O) groups excluding carboxylic acids is 2. The van der Waals surface area contributed by atoms with Crippen LogP contribution in [0, 0.1) is 5.41 Å². The summed E-state index contributed by atoms with van der Waals surface area (Å²) in [6.45, 7) is 6.14. The molecule has 0 aromatic heterocycles. The number of hydrogen-bond donors (Lipinski definition) is 2. The van der Waals surface area contributed by atoms with E-state index in [4.69, 9.17) is 5.73 Å². The largest absolute Gasteiger partial charge is 0.465 e. The van der Waals surface area contributed by atoms with Gasteiger partial charge in [-0.3, -0.25) is 4.79 Å². The van der Waals surface area contributed by atoms with Crippen LogP contribution in [0.25, 0.3) is 0 Å². The normalized spacial score (nSPS) is 12.7. The minimum absolute atomic E-state index is 0.186. The lowest BCUT2D eigenvalue weighted by Crippen LogP contribution is -2.48. The Morgan fingerprint density at radius 2 is 1.80 bits per heavy atom. The van der Waals surface area contributed by atoms with Crippen LogP contribution in [0.1, 0.15) is 36.7 Å². The molecule has 1 aromatic carbocycles. The van der Waals surface area contributed by atoms with Crippen LogP contribution >= 0.6 is 0 Å². The zero-order valence-electron chi connectivity index (χ0n) is 12.4. The van der Waals surface area contributed by atoms with E-state index in [9.17, 15) is 9.59 Å². The maximum atomic E-state index is 11.9. The monoisotopic (exact) mass is 278 g/mol. The molecule has 1 atom stereocenters. The average molecular weight is 278 g/mol. The Balaban J connectivity index is 2.58. The lowest BCUT2D eigenvalue weighted by molar-refractivity contribution is -0.124. The van der Waals surface area contributed by atoms with Crippen LogP contribution in [-0.4, -0.2) is 25.0 Å². The minimum Gasteiger partial charge on any atom is -0.465 e. The van der Waals surface area contributed by atoms with E-state index in [2.05, 4.69) is 10.1 Å². The summed E-state index contributed by atoms with van der Waals surface area (Å²) in [7, 11) is 1.34. The first-order valence-corrected chi connectivity index (χ1v) is 6.46. The zero-order chi connectivity index (χ0) is 15.3. The van der Waals surface area contributed by atoms with E-state index in [0.29, 0.717) is 12.1 Å². The number of amides is 1. The van der Waals surface area contributed by atoms with Gasteiger partial charge in [0.1, 0.15) is 0 Å². The molecule has 110 valence electrons. The van der Waals surface area contributed by atoms with Gasteiger partial charge in [0.15, 0.2) is 0 Å². The van der Waals surface area contributed by atoms with Crippen LogP contribution in [0.3, 0.4) is 0 Å². The van der Waals surface area contributed by atoms with Crippen LogP contribution in [0.15, 0.2) is 24.3 Å². The quantitative estimate of drug-likeness (QED) is 0.817. The van der Waals surface area contributed by atoms with Gasteiger partial charge in [0.25, 0.3) is 0 Å². The summed E-state index contributed by atoms with van der Waals surface area (Å²) in [4.78, 5) is 23.2. The van der Waals surface area contributed by atoms with E-state index in [0.717, 1.165) is 5.56 Å². The van der Waals surface area contributed by atoms with Gasteiger partial charge in [-0.2, -0.15) is 0 Å². The number of ether oxygens (including phenoxy) is 1. The van der Waals surface area contributed by atoms with E-state index in [1.807, 2.05) is 20.8 Å². The molecule has 0 bridgehead atoms. The predicted molar refractivity (Wildman–Crippen MR) is 77.1 cm³/mol. The highest BCUT2D eigenvalue weighted by molar-refractivity contribution is 5.89. The van der Waals surface area contributed by atoms with Crippen molar-refractivity contribution in [3.8, 4) is 0 Å². The van der Waals surface area contributed by atoms with Gasteiger partial charge in [0, 0.05) is 6.54 Å². The molecule has 0 heterocycles. The number of benzene rings is 1. The zero-order valence-corrected chi connectivity index (χ0v) is 12.4. The van der Waals surface area contributed by atoms with Crippen LogP contribution in [-0.2, 0) is 16.1 Å². The van der Waals surface area contributed by atoms with Crippen molar-refractivity contribution in [2.75, 3.05) is 7.11 Å². The summed E-state index contributed by atoms with van der Waals surface area (Å²) < 4.78 is 4.62. The Morgan fingerprint density at radius 3 is 2.25 bits per heavy atom. The third kappa shape index (κ3) is 4.35. The van der Waals surface area contributed by atoms with E-state index in [1.165, 1.54) is 7.11 Å². The van der Waals surface area contributed by atoms with Crippen molar-refractivity contribution < 1.29 is 14.3 Å². The van der Waals surface area contributed by atoms with Crippen molar-refractivity contribution >= 4 is 11.9 Å². The number of hydrogen-bond acceptors (Lipinski definition) is 4. The lowest BCUT2D eigenvalue weighted by atomic mass is 9.87. The second-order valence-electron chi connectivity index (χ2n) is 5.75. The summed E-state index contributed by atoms with van der Waals surface area (Å²) in [6.07, 6.45) is 0. The Kier molecular flexibility index (Phi) is 5.27. The summed E-state index contributed by atoms with van der Waals surface area (Å²) in [5.74, 6) is -0.565. The third-order valence-electron chi connectivity index (χ3n) is 3.06. The summed E-state index contributed by atoms with van der Waals surface area (Å²) in [5.41, 5.74) is 6.96. The maximum absolute atomic E-state index is 11.9. The Morgan fingerprint density at radius 1 is 1.25 bits per heavy atom. The fourth-order valence-electron chi connectivity index (χ4n) is 1.57. The molecule has 0 aliphatic rings. The molecule has 5 heteroatoms. The molecule has 3 N–H and O–H groups in total. The molecule has 5 nitrogen and oxygen atoms in total. The van der Waals surface area contributed by atoms with Crippen molar-refractivity contribution in [3.63, 3.8) is 0 Å². The smallest absolute Gasteiger partial charge is 0.337 e. The van der Waals surface area contributed by atoms with Gasteiger partial charge in [-0.1, -0.05) is 32.9 Å². The highest BCUT2D eigenvalue weighted by Gasteiger charge is 2.27. The topological polar surface area (TPSA) is 81.4 Å². The number of nitrogens with one attached hydrogen (secondary N) is 1. The molecule has 0 saturated heterocycles. The van der Waals surface area contributed by atoms with Crippen molar-refractivity contribution in [1.29, 1.82) is 0 Å². The van der Waals surface area contributed by atoms with Crippen LogP contribution < -0.4 is 11.1 Å². The molecule has 0 aliphatic heterocycles. The number of nitrogens with two attached hydrogens (primary N) is 1. The Labute approximate surface area is 119 Å². The van der Waals surface area contributed by atoms with Crippen molar-refractivity contribution in [1.82, 2.24) is 5.32 Å². The molecule has 0 spiro atoms. The van der Waals surface area contributed by atoms with Crippen LogP contribution in [0.4, 0.5) is 0 Å². The predicted octanol–water partition coefficient (Wildman–Crippen LogP) is 1.46. The van der Waals surface area contributed by atoms with Gasteiger partial charge < -0.3 is 15.8 Å². The maximum Gasteiger partial charge on any atom is 0.337 e. The molecule has 1 rings (SSSR count). The lowest BCUT2D eigenvalue weighted by Gasteiger charge is -2.25. The SMILES string of the molecule is COC(=O)c1ccc(CNC(=O)C(N)C(C)(C)C)cc1. The highest BCUT2D eigenvalue weighted by Crippen LogP contribution is 2.17. The Hall–Kier alpha value is -1.88. The molecule has 0 saturated carbocycles.